The third-order valence-corrected chi connectivity index (χ3v) is 6.72. The number of aromatic nitrogens is 1. The molecule has 3 aromatic rings. The Morgan fingerprint density at radius 2 is 2.00 bits per heavy atom. The normalized spacial score (nSPS) is 15.3. The third kappa shape index (κ3) is 3.75. The summed E-state index contributed by atoms with van der Waals surface area (Å²) in [6.07, 6.45) is 1.37. The number of thiazole rings is 1. The summed E-state index contributed by atoms with van der Waals surface area (Å²) in [5.74, 6) is -0.000221. The average Bonchev–Trinajstić information content (AvgIpc) is 3.31. The van der Waals surface area contributed by atoms with Gasteiger partial charge >= 0.3 is 0 Å². The van der Waals surface area contributed by atoms with Crippen molar-refractivity contribution in [3.8, 4) is 0 Å². The lowest BCUT2D eigenvalue weighted by atomic mass is 9.96. The van der Waals surface area contributed by atoms with Crippen LogP contribution in [0.4, 0.5) is 5.13 Å². The number of aryl methyl sites for hydroxylation is 2. The molecule has 2 amide bonds. The summed E-state index contributed by atoms with van der Waals surface area (Å²) in [6.45, 7) is 5.34. The van der Waals surface area contributed by atoms with Gasteiger partial charge in [-0.2, -0.15) is 0 Å². The Balaban J connectivity index is 1.38. The first-order valence-electron chi connectivity index (χ1n) is 9.02. The number of nitrogens with one attached hydrogen (secondary N) is 1. The maximum Gasteiger partial charge on any atom is 0.263 e. The Kier molecular flexibility index (Phi) is 4.97. The minimum absolute atomic E-state index is 0.00616. The van der Waals surface area contributed by atoms with Gasteiger partial charge in [0.25, 0.3) is 5.91 Å². The molecule has 3 heterocycles. The van der Waals surface area contributed by atoms with Crippen molar-refractivity contribution in [3.63, 3.8) is 0 Å². The number of hydrogen-bond acceptors (Lipinski definition) is 5. The van der Waals surface area contributed by atoms with Crippen molar-refractivity contribution < 1.29 is 9.59 Å². The van der Waals surface area contributed by atoms with Gasteiger partial charge in [0.05, 0.1) is 15.1 Å². The van der Waals surface area contributed by atoms with E-state index in [0.717, 1.165) is 20.7 Å². The van der Waals surface area contributed by atoms with E-state index in [-0.39, 0.29) is 17.7 Å². The van der Waals surface area contributed by atoms with E-state index in [2.05, 4.69) is 29.4 Å². The van der Waals surface area contributed by atoms with Gasteiger partial charge in [-0.3, -0.25) is 9.59 Å². The fourth-order valence-electron chi connectivity index (χ4n) is 3.53. The lowest BCUT2D eigenvalue weighted by Crippen LogP contribution is -2.41. The summed E-state index contributed by atoms with van der Waals surface area (Å²) < 4.78 is 1.10. The van der Waals surface area contributed by atoms with Gasteiger partial charge in [-0.05, 0) is 55.3 Å². The number of anilines is 1. The predicted octanol–water partition coefficient (Wildman–Crippen LogP) is 4.47. The van der Waals surface area contributed by atoms with Crippen molar-refractivity contribution >= 4 is 49.8 Å². The smallest absolute Gasteiger partial charge is 0.263 e. The molecule has 0 atom stereocenters. The predicted molar refractivity (Wildman–Crippen MR) is 111 cm³/mol. The molecule has 4 rings (SSSR count). The summed E-state index contributed by atoms with van der Waals surface area (Å²) in [5.41, 5.74) is 3.28. The number of piperidine rings is 1. The van der Waals surface area contributed by atoms with Crippen LogP contribution in [0.5, 0.6) is 0 Å². The molecule has 0 bridgehead atoms. The molecular formula is C20H21N3O2S2. The van der Waals surface area contributed by atoms with E-state index < -0.39 is 0 Å². The van der Waals surface area contributed by atoms with E-state index in [9.17, 15) is 9.59 Å². The SMILES string of the molecule is Cc1cc(C)c2nc(NC(=O)C3CCN(C(=O)c4cccs4)CC3)sc2c1. The van der Waals surface area contributed by atoms with Crippen LogP contribution in [0, 0.1) is 19.8 Å². The first kappa shape index (κ1) is 18.1. The molecule has 1 fully saturated rings. The lowest BCUT2D eigenvalue weighted by Gasteiger charge is -2.30. The quantitative estimate of drug-likeness (QED) is 0.707. The summed E-state index contributed by atoms with van der Waals surface area (Å²) in [5, 5.41) is 5.55. The van der Waals surface area contributed by atoms with E-state index in [1.807, 2.05) is 29.3 Å². The van der Waals surface area contributed by atoms with Crippen molar-refractivity contribution in [1.29, 1.82) is 0 Å². The second kappa shape index (κ2) is 7.40. The molecule has 0 aliphatic carbocycles. The highest BCUT2D eigenvalue weighted by Crippen LogP contribution is 2.30. The highest BCUT2D eigenvalue weighted by atomic mass is 32.1. The number of rotatable bonds is 3. The van der Waals surface area contributed by atoms with Gasteiger partial charge < -0.3 is 10.2 Å². The van der Waals surface area contributed by atoms with Crippen LogP contribution in [0.15, 0.2) is 29.6 Å². The zero-order valence-electron chi connectivity index (χ0n) is 15.3. The highest BCUT2D eigenvalue weighted by Gasteiger charge is 2.28. The first-order chi connectivity index (χ1) is 13.0. The van der Waals surface area contributed by atoms with Gasteiger partial charge in [0, 0.05) is 19.0 Å². The second-order valence-corrected chi connectivity index (χ2v) is 8.96. The molecule has 0 spiro atoms. The van der Waals surface area contributed by atoms with Crippen LogP contribution in [0.1, 0.15) is 33.6 Å². The molecular weight excluding hydrogens is 378 g/mol. The van der Waals surface area contributed by atoms with Crippen LogP contribution < -0.4 is 5.32 Å². The van der Waals surface area contributed by atoms with Gasteiger partial charge in [0.1, 0.15) is 0 Å². The number of fused-ring (bicyclic) bond motifs is 1. The number of thiophene rings is 1. The molecule has 1 N–H and O–H groups in total. The largest absolute Gasteiger partial charge is 0.338 e. The Bertz CT molecular complexity index is 986. The van der Waals surface area contributed by atoms with E-state index in [4.69, 9.17) is 0 Å². The fourth-order valence-corrected chi connectivity index (χ4v) is 5.27. The fraction of sp³-hybridized carbons (Fsp3) is 0.350. The van der Waals surface area contributed by atoms with Crippen LogP contribution in [0.2, 0.25) is 0 Å². The number of benzene rings is 1. The zero-order chi connectivity index (χ0) is 19.0. The molecule has 2 aromatic heterocycles. The molecule has 1 aliphatic heterocycles. The number of carbonyl (C=O) groups is 2. The molecule has 1 saturated heterocycles. The van der Waals surface area contributed by atoms with Gasteiger partial charge in [0.2, 0.25) is 5.91 Å². The molecule has 27 heavy (non-hydrogen) atoms. The Labute approximate surface area is 166 Å². The molecule has 7 heteroatoms. The number of likely N-dealkylation sites (tertiary alicyclic amines) is 1. The molecule has 0 unspecified atom stereocenters. The van der Waals surface area contributed by atoms with Crippen LogP contribution in [0.25, 0.3) is 10.2 Å². The maximum absolute atomic E-state index is 12.7. The van der Waals surface area contributed by atoms with E-state index in [1.165, 1.54) is 28.2 Å². The molecule has 1 aliphatic rings. The topological polar surface area (TPSA) is 62.3 Å². The van der Waals surface area contributed by atoms with Crippen molar-refractivity contribution in [2.24, 2.45) is 5.92 Å². The molecule has 0 saturated carbocycles. The summed E-state index contributed by atoms with van der Waals surface area (Å²) in [6, 6.07) is 7.94. The van der Waals surface area contributed by atoms with Crippen molar-refractivity contribution in [3.05, 3.63) is 45.6 Å². The number of nitrogens with zero attached hydrogens (tertiary/aromatic N) is 2. The van der Waals surface area contributed by atoms with Crippen LogP contribution in [0.3, 0.4) is 0 Å². The van der Waals surface area contributed by atoms with E-state index in [0.29, 0.717) is 31.1 Å². The Hall–Kier alpha value is -2.25. The Morgan fingerprint density at radius 3 is 2.70 bits per heavy atom. The number of amides is 2. The highest BCUT2D eigenvalue weighted by molar-refractivity contribution is 7.22. The monoisotopic (exact) mass is 399 g/mol. The summed E-state index contributed by atoms with van der Waals surface area (Å²) in [4.78, 5) is 32.3. The third-order valence-electron chi connectivity index (χ3n) is 4.94. The number of hydrogen-bond donors (Lipinski definition) is 1. The molecule has 140 valence electrons. The average molecular weight is 400 g/mol. The molecule has 5 nitrogen and oxygen atoms in total. The summed E-state index contributed by atoms with van der Waals surface area (Å²) in [7, 11) is 0. The summed E-state index contributed by atoms with van der Waals surface area (Å²) >= 11 is 2.98. The number of carbonyl (C=O) groups excluding carboxylic acids is 2. The van der Waals surface area contributed by atoms with Gasteiger partial charge in [-0.25, -0.2) is 4.98 Å². The van der Waals surface area contributed by atoms with Crippen molar-refractivity contribution in [2.75, 3.05) is 18.4 Å². The zero-order valence-corrected chi connectivity index (χ0v) is 17.0. The first-order valence-corrected chi connectivity index (χ1v) is 10.7. The standard InChI is InChI=1S/C20H21N3O2S2/c1-12-10-13(2)17-16(11-12)27-20(21-17)22-18(24)14-5-7-23(8-6-14)19(25)15-4-3-9-26-15/h3-4,9-11,14H,5-8H2,1-2H3,(H,21,22,24). The van der Waals surface area contributed by atoms with Gasteiger partial charge in [-0.15, -0.1) is 11.3 Å². The van der Waals surface area contributed by atoms with Gasteiger partial charge in [-0.1, -0.05) is 23.5 Å². The minimum atomic E-state index is -0.0766. The second-order valence-electron chi connectivity index (χ2n) is 6.98. The molecule has 1 aromatic carbocycles. The minimum Gasteiger partial charge on any atom is -0.338 e. The van der Waals surface area contributed by atoms with Crippen LogP contribution >= 0.6 is 22.7 Å². The van der Waals surface area contributed by atoms with E-state index in [1.54, 1.807) is 0 Å². The van der Waals surface area contributed by atoms with Crippen molar-refractivity contribution in [1.82, 2.24) is 9.88 Å². The lowest BCUT2D eigenvalue weighted by molar-refractivity contribution is -0.121. The molecule has 0 radical (unpaired) electrons. The maximum atomic E-state index is 12.7. The van der Waals surface area contributed by atoms with Gasteiger partial charge in [0.15, 0.2) is 5.13 Å². The van der Waals surface area contributed by atoms with Crippen molar-refractivity contribution in [2.45, 2.75) is 26.7 Å². The van der Waals surface area contributed by atoms with Crippen LogP contribution in [-0.2, 0) is 4.79 Å². The Morgan fingerprint density at radius 1 is 1.22 bits per heavy atom. The van der Waals surface area contributed by atoms with E-state index >= 15 is 0 Å². The van der Waals surface area contributed by atoms with Crippen LogP contribution in [-0.4, -0.2) is 34.8 Å².